The lowest BCUT2D eigenvalue weighted by atomic mass is 10.2. The summed E-state index contributed by atoms with van der Waals surface area (Å²) in [7, 11) is 1.66. The Bertz CT molecular complexity index is 662. The van der Waals surface area contributed by atoms with Crippen LogP contribution >= 0.6 is 23.2 Å². The van der Waals surface area contributed by atoms with Crippen molar-refractivity contribution in [2.45, 2.75) is 6.54 Å². The zero-order valence-electron chi connectivity index (χ0n) is 11.9. The number of hydrogen-bond donors (Lipinski definition) is 0. The van der Waals surface area contributed by atoms with E-state index in [1.54, 1.807) is 37.4 Å². The van der Waals surface area contributed by atoms with Crippen LogP contribution in [0.25, 0.3) is 0 Å². The number of nitrogens with zero attached hydrogens (tertiary/aromatic N) is 1. The molecular formula is C16H14Cl2FNO2. The van der Waals surface area contributed by atoms with Gasteiger partial charge in [-0.2, -0.15) is 0 Å². The predicted octanol–water partition coefficient (Wildman–Crippen LogP) is 4.17. The molecule has 2 aromatic carbocycles. The Kier molecular flexibility index (Phi) is 5.63. The van der Waals surface area contributed by atoms with Gasteiger partial charge in [-0.1, -0.05) is 35.3 Å². The molecule has 0 aromatic heterocycles. The van der Waals surface area contributed by atoms with Crippen molar-refractivity contribution in [1.82, 2.24) is 4.90 Å². The smallest absolute Gasteiger partial charge is 0.260 e. The second kappa shape index (κ2) is 7.47. The lowest BCUT2D eigenvalue weighted by Crippen LogP contribution is -2.30. The lowest BCUT2D eigenvalue weighted by molar-refractivity contribution is -0.132. The molecule has 0 N–H and O–H groups in total. The summed E-state index contributed by atoms with van der Waals surface area (Å²) in [5, 5.41) is 0.792. The highest BCUT2D eigenvalue weighted by Gasteiger charge is 2.11. The van der Waals surface area contributed by atoms with E-state index in [4.69, 9.17) is 27.9 Å². The van der Waals surface area contributed by atoms with Gasteiger partial charge in [-0.3, -0.25) is 4.79 Å². The largest absolute Gasteiger partial charge is 0.484 e. The Hall–Kier alpha value is -1.78. The number of rotatable bonds is 5. The Morgan fingerprint density at radius 3 is 2.45 bits per heavy atom. The summed E-state index contributed by atoms with van der Waals surface area (Å²) >= 11 is 11.7. The zero-order chi connectivity index (χ0) is 16.1. The maximum absolute atomic E-state index is 12.8. The highest BCUT2D eigenvalue weighted by atomic mass is 35.5. The molecule has 0 fully saturated rings. The molecule has 0 saturated carbocycles. The van der Waals surface area contributed by atoms with E-state index in [1.165, 1.54) is 17.0 Å². The van der Waals surface area contributed by atoms with E-state index in [0.717, 1.165) is 5.56 Å². The van der Waals surface area contributed by atoms with Crippen molar-refractivity contribution in [1.29, 1.82) is 0 Å². The van der Waals surface area contributed by atoms with Gasteiger partial charge in [0.25, 0.3) is 5.91 Å². The van der Waals surface area contributed by atoms with Crippen LogP contribution in [0.4, 0.5) is 4.39 Å². The van der Waals surface area contributed by atoms with E-state index in [0.29, 0.717) is 22.3 Å². The van der Waals surface area contributed by atoms with Crippen LogP contribution in [0.5, 0.6) is 5.75 Å². The van der Waals surface area contributed by atoms with Gasteiger partial charge < -0.3 is 9.64 Å². The molecule has 0 spiro atoms. The van der Waals surface area contributed by atoms with E-state index in [9.17, 15) is 9.18 Å². The summed E-state index contributed by atoms with van der Waals surface area (Å²) in [4.78, 5) is 13.5. The SMILES string of the molecule is CN(Cc1ccc(F)cc1)C(=O)COc1ccc(Cl)c(Cl)c1. The van der Waals surface area contributed by atoms with Gasteiger partial charge >= 0.3 is 0 Å². The summed E-state index contributed by atoms with van der Waals surface area (Å²) in [5.74, 6) is -0.0333. The molecule has 2 rings (SSSR count). The number of benzene rings is 2. The van der Waals surface area contributed by atoms with Gasteiger partial charge in [0, 0.05) is 19.7 Å². The summed E-state index contributed by atoms with van der Waals surface area (Å²) < 4.78 is 18.2. The number of carbonyl (C=O) groups is 1. The first-order chi connectivity index (χ1) is 10.5. The van der Waals surface area contributed by atoms with Crippen LogP contribution in [0, 0.1) is 5.82 Å². The monoisotopic (exact) mass is 341 g/mol. The van der Waals surface area contributed by atoms with Crippen LogP contribution in [-0.2, 0) is 11.3 Å². The third-order valence-corrected chi connectivity index (χ3v) is 3.75. The van der Waals surface area contributed by atoms with Crippen LogP contribution in [0.1, 0.15) is 5.56 Å². The van der Waals surface area contributed by atoms with Crippen molar-refractivity contribution in [3.8, 4) is 5.75 Å². The summed E-state index contributed by atoms with van der Waals surface area (Å²) in [5.41, 5.74) is 0.840. The molecule has 22 heavy (non-hydrogen) atoms. The second-order valence-corrected chi connectivity index (χ2v) is 5.56. The van der Waals surface area contributed by atoms with E-state index in [2.05, 4.69) is 0 Å². The molecule has 0 radical (unpaired) electrons. The lowest BCUT2D eigenvalue weighted by Gasteiger charge is -2.17. The van der Waals surface area contributed by atoms with E-state index in [-0.39, 0.29) is 18.3 Å². The molecule has 0 aliphatic heterocycles. The highest BCUT2D eigenvalue weighted by Crippen LogP contribution is 2.26. The fraction of sp³-hybridized carbons (Fsp3) is 0.188. The van der Waals surface area contributed by atoms with Crippen molar-refractivity contribution in [2.75, 3.05) is 13.7 Å². The molecular weight excluding hydrogens is 328 g/mol. The van der Waals surface area contributed by atoms with E-state index < -0.39 is 0 Å². The topological polar surface area (TPSA) is 29.5 Å². The Balaban J connectivity index is 1.88. The molecule has 3 nitrogen and oxygen atoms in total. The molecule has 0 unspecified atom stereocenters. The number of hydrogen-bond acceptors (Lipinski definition) is 2. The van der Waals surface area contributed by atoms with E-state index >= 15 is 0 Å². The first-order valence-corrected chi connectivity index (χ1v) is 7.27. The van der Waals surface area contributed by atoms with Gasteiger partial charge in [0.1, 0.15) is 11.6 Å². The predicted molar refractivity (Wildman–Crippen MR) is 84.8 cm³/mol. The van der Waals surface area contributed by atoms with Crippen molar-refractivity contribution >= 4 is 29.1 Å². The number of carbonyl (C=O) groups excluding carboxylic acids is 1. The highest BCUT2D eigenvalue weighted by molar-refractivity contribution is 6.42. The average molecular weight is 342 g/mol. The fourth-order valence-electron chi connectivity index (χ4n) is 1.77. The minimum absolute atomic E-state index is 0.115. The van der Waals surface area contributed by atoms with Crippen LogP contribution in [0.15, 0.2) is 42.5 Å². The average Bonchev–Trinajstić information content (AvgIpc) is 2.50. The Morgan fingerprint density at radius 2 is 1.82 bits per heavy atom. The second-order valence-electron chi connectivity index (χ2n) is 4.74. The zero-order valence-corrected chi connectivity index (χ0v) is 13.4. The van der Waals surface area contributed by atoms with Crippen LogP contribution in [0.2, 0.25) is 10.0 Å². The minimum atomic E-state index is -0.305. The van der Waals surface area contributed by atoms with Gasteiger partial charge in [0.15, 0.2) is 6.61 Å². The maximum Gasteiger partial charge on any atom is 0.260 e. The van der Waals surface area contributed by atoms with Crippen molar-refractivity contribution < 1.29 is 13.9 Å². The third-order valence-electron chi connectivity index (χ3n) is 3.01. The quantitative estimate of drug-likeness (QED) is 0.816. The summed E-state index contributed by atoms with van der Waals surface area (Å²) in [6, 6.07) is 10.8. The first-order valence-electron chi connectivity index (χ1n) is 6.52. The third kappa shape index (κ3) is 4.61. The van der Waals surface area contributed by atoms with Crippen LogP contribution < -0.4 is 4.74 Å². The van der Waals surface area contributed by atoms with Crippen LogP contribution in [-0.4, -0.2) is 24.5 Å². The van der Waals surface area contributed by atoms with Gasteiger partial charge in [-0.15, -0.1) is 0 Å². The van der Waals surface area contributed by atoms with Gasteiger partial charge in [0.05, 0.1) is 10.0 Å². The number of amides is 1. The molecule has 0 aliphatic rings. The summed E-state index contributed by atoms with van der Waals surface area (Å²) in [6.07, 6.45) is 0. The van der Waals surface area contributed by atoms with Crippen LogP contribution in [0.3, 0.4) is 0 Å². The van der Waals surface area contributed by atoms with Crippen molar-refractivity contribution in [2.24, 2.45) is 0 Å². The normalized spacial score (nSPS) is 10.4. The Morgan fingerprint density at radius 1 is 1.14 bits per heavy atom. The summed E-state index contributed by atoms with van der Waals surface area (Å²) in [6.45, 7) is 0.263. The number of likely N-dealkylation sites (N-methyl/N-ethyl adjacent to an activating group) is 1. The molecule has 0 saturated heterocycles. The molecule has 116 valence electrons. The number of halogens is 3. The maximum atomic E-state index is 12.8. The minimum Gasteiger partial charge on any atom is -0.484 e. The molecule has 0 atom stereocenters. The van der Waals surface area contributed by atoms with E-state index in [1.807, 2.05) is 0 Å². The molecule has 0 bridgehead atoms. The Labute approximate surface area is 138 Å². The van der Waals surface area contributed by atoms with Crippen molar-refractivity contribution in [3.05, 3.63) is 63.9 Å². The molecule has 0 heterocycles. The molecule has 1 amide bonds. The van der Waals surface area contributed by atoms with Gasteiger partial charge in [-0.25, -0.2) is 4.39 Å². The van der Waals surface area contributed by atoms with Gasteiger partial charge in [-0.05, 0) is 29.8 Å². The fourth-order valence-corrected chi connectivity index (χ4v) is 2.06. The van der Waals surface area contributed by atoms with Gasteiger partial charge in [0.2, 0.25) is 0 Å². The number of ether oxygens (including phenoxy) is 1. The standard InChI is InChI=1S/C16H14Cl2FNO2/c1-20(9-11-2-4-12(19)5-3-11)16(21)10-22-13-6-7-14(17)15(18)8-13/h2-8H,9-10H2,1H3. The first kappa shape index (κ1) is 16.6. The molecule has 6 heteroatoms. The molecule has 2 aromatic rings. The molecule has 0 aliphatic carbocycles. The van der Waals surface area contributed by atoms with Crippen molar-refractivity contribution in [3.63, 3.8) is 0 Å².